The van der Waals surface area contributed by atoms with Crippen LogP contribution in [0, 0.1) is 0 Å². The Morgan fingerprint density at radius 1 is 0.315 bits per heavy atom. The topological polar surface area (TPSA) is 231 Å². The summed E-state index contributed by atoms with van der Waals surface area (Å²) in [5.41, 5.74) is 0. The number of hydrogen-bond acceptors (Lipinski definition) is 14. The molecule has 508 valence electrons. The smallest absolute Gasteiger partial charge is 0.463 e. The standard InChI is InChI=1S/C71H118O16P2/c1-4-7-10-13-16-19-22-25-28-31-32-35-37-39-42-45-48-51-54-57-69(74)81-60-66(72)61-83-88(77,78)84-62-67(73)63-85-89(79,80)86-65-68(87-71(76)59-56-53-50-47-44-41-38-34-30-27-24-21-18-15-12-9-6-3)64-82-70(75)58-55-52-49-46-43-40-36-33-29-26-23-20-17-14-11-8-5-2/h7-12,16-21,25-30,32,35,39,42,66-68,72-73H,4-6,13-15,22-24,31,33-34,36-38,40-41,43-65H2,1-3H3,(H,77,78)(H,79,80)/b10-7-,11-8-,12-9-,19-16-,20-17-,21-18-,28-25-,29-26-,30-27-,35-32-,42-39-. The molecule has 0 heterocycles. The highest BCUT2D eigenvalue weighted by Gasteiger charge is 2.29. The highest BCUT2D eigenvalue weighted by molar-refractivity contribution is 7.47. The number of phosphoric acid groups is 2. The number of allylic oxidation sites excluding steroid dienone is 22. The predicted molar refractivity (Wildman–Crippen MR) is 362 cm³/mol. The van der Waals surface area contributed by atoms with Crippen molar-refractivity contribution >= 4 is 33.6 Å². The van der Waals surface area contributed by atoms with Gasteiger partial charge in [0.2, 0.25) is 0 Å². The van der Waals surface area contributed by atoms with E-state index in [-0.39, 0.29) is 19.3 Å². The fourth-order valence-corrected chi connectivity index (χ4v) is 9.92. The molecule has 89 heavy (non-hydrogen) atoms. The van der Waals surface area contributed by atoms with E-state index in [1.807, 2.05) is 0 Å². The van der Waals surface area contributed by atoms with Gasteiger partial charge in [-0.25, -0.2) is 9.13 Å². The van der Waals surface area contributed by atoms with E-state index in [0.29, 0.717) is 19.3 Å². The molecule has 0 amide bonds. The van der Waals surface area contributed by atoms with Gasteiger partial charge in [-0.05, 0) is 128 Å². The number of carbonyl (C=O) groups is 3. The van der Waals surface area contributed by atoms with Crippen molar-refractivity contribution in [2.45, 2.75) is 257 Å². The molecule has 0 aromatic carbocycles. The number of unbranched alkanes of at least 4 members (excludes halogenated alkanes) is 17. The van der Waals surface area contributed by atoms with E-state index in [4.69, 9.17) is 32.3 Å². The molecule has 5 atom stereocenters. The average Bonchev–Trinajstić information content (AvgIpc) is 3.54. The van der Waals surface area contributed by atoms with E-state index in [9.17, 15) is 43.5 Å². The molecule has 0 rings (SSSR count). The molecule has 0 aromatic rings. The fraction of sp³-hybridized carbons (Fsp3) is 0.648. The maximum absolute atomic E-state index is 12.9. The number of esters is 3. The summed E-state index contributed by atoms with van der Waals surface area (Å²) in [4.78, 5) is 58.4. The zero-order valence-electron chi connectivity index (χ0n) is 54.8. The molecule has 16 nitrogen and oxygen atoms in total. The summed E-state index contributed by atoms with van der Waals surface area (Å²) in [6.45, 7) is 2.25. The lowest BCUT2D eigenvalue weighted by Crippen LogP contribution is -2.30. The molecule has 18 heteroatoms. The van der Waals surface area contributed by atoms with E-state index < -0.39 is 91.5 Å². The normalized spacial score (nSPS) is 15.1. The van der Waals surface area contributed by atoms with Crippen LogP contribution in [0.15, 0.2) is 134 Å². The van der Waals surface area contributed by atoms with Crippen molar-refractivity contribution < 1.29 is 75.8 Å². The number of phosphoric ester groups is 2. The Morgan fingerprint density at radius 3 is 0.899 bits per heavy atom. The Bertz CT molecular complexity index is 2160. The van der Waals surface area contributed by atoms with Gasteiger partial charge in [-0.3, -0.25) is 32.5 Å². The molecular formula is C71H118O16P2. The van der Waals surface area contributed by atoms with Crippen molar-refractivity contribution in [2.24, 2.45) is 0 Å². The number of rotatable bonds is 62. The quantitative estimate of drug-likeness (QED) is 0.0146. The molecule has 0 bridgehead atoms. The molecule has 0 aromatic heterocycles. The molecule has 5 unspecified atom stereocenters. The Labute approximate surface area is 537 Å². The average molecular weight is 1290 g/mol. The second kappa shape index (κ2) is 63.8. The van der Waals surface area contributed by atoms with Gasteiger partial charge in [0.1, 0.15) is 25.4 Å². The van der Waals surface area contributed by atoms with E-state index in [0.717, 1.165) is 180 Å². The zero-order chi connectivity index (χ0) is 65.3. The summed E-state index contributed by atoms with van der Waals surface area (Å²) in [5, 5.41) is 20.5. The largest absolute Gasteiger partial charge is 0.472 e. The van der Waals surface area contributed by atoms with Crippen molar-refractivity contribution in [3.8, 4) is 0 Å². The van der Waals surface area contributed by atoms with Crippen LogP contribution < -0.4 is 0 Å². The van der Waals surface area contributed by atoms with Crippen LogP contribution in [0.25, 0.3) is 0 Å². The summed E-state index contributed by atoms with van der Waals surface area (Å²) in [6, 6.07) is 0. The predicted octanol–water partition coefficient (Wildman–Crippen LogP) is 18.4. The monoisotopic (exact) mass is 1290 g/mol. The Hall–Kier alpha value is -4.31. The third-order valence-electron chi connectivity index (χ3n) is 13.4. The van der Waals surface area contributed by atoms with E-state index in [1.54, 1.807) is 0 Å². The number of hydrogen-bond donors (Lipinski definition) is 4. The third kappa shape index (κ3) is 65.0. The van der Waals surface area contributed by atoms with Crippen LogP contribution in [-0.4, -0.2) is 95.9 Å². The number of aliphatic hydroxyl groups excluding tert-OH is 2. The Balaban J connectivity index is 4.75. The SMILES string of the molecule is CC/C=C\C/C=C\C/C=C\C/C=C\C/C=C\CCCCCC(=O)OCC(O)COP(=O)(O)OCC(O)COP(=O)(O)OCC(COC(=O)CCCCCCCCC/C=C\C/C=C\C/C=C\CC)OC(=O)CCCCCCCCC/C=C\C/C=C\C/C=C\CC. The zero-order valence-corrected chi connectivity index (χ0v) is 56.6. The first-order valence-corrected chi connectivity index (χ1v) is 36.5. The van der Waals surface area contributed by atoms with Gasteiger partial charge in [0.25, 0.3) is 0 Å². The Morgan fingerprint density at radius 2 is 0.562 bits per heavy atom. The lowest BCUT2D eigenvalue weighted by atomic mass is 10.1. The van der Waals surface area contributed by atoms with Crippen LogP contribution >= 0.6 is 15.6 Å². The highest BCUT2D eigenvalue weighted by Crippen LogP contribution is 2.45. The summed E-state index contributed by atoms with van der Waals surface area (Å²) in [5.74, 6) is -1.64. The van der Waals surface area contributed by atoms with E-state index in [1.165, 1.54) is 0 Å². The van der Waals surface area contributed by atoms with Crippen LogP contribution in [0.3, 0.4) is 0 Å². The van der Waals surface area contributed by atoms with Gasteiger partial charge in [-0.1, -0.05) is 225 Å². The fourth-order valence-electron chi connectivity index (χ4n) is 8.33. The van der Waals surface area contributed by atoms with Crippen molar-refractivity contribution in [1.82, 2.24) is 0 Å². The minimum Gasteiger partial charge on any atom is -0.463 e. The van der Waals surface area contributed by atoms with E-state index in [2.05, 4.69) is 154 Å². The molecule has 0 fully saturated rings. The first-order valence-electron chi connectivity index (χ1n) is 33.5. The van der Waals surface area contributed by atoms with Crippen LogP contribution in [0.1, 0.15) is 239 Å². The Kier molecular flexibility index (Phi) is 60.7. The second-order valence-corrected chi connectivity index (χ2v) is 24.7. The number of carbonyl (C=O) groups excluding carboxylic acids is 3. The minimum atomic E-state index is -4.94. The summed E-state index contributed by atoms with van der Waals surface area (Å²) < 4.78 is 60.8. The van der Waals surface area contributed by atoms with Gasteiger partial charge in [-0.15, -0.1) is 0 Å². The van der Waals surface area contributed by atoms with Crippen molar-refractivity contribution in [3.63, 3.8) is 0 Å². The molecule has 0 saturated carbocycles. The molecule has 4 N–H and O–H groups in total. The molecule has 0 radical (unpaired) electrons. The number of aliphatic hydroxyl groups is 2. The third-order valence-corrected chi connectivity index (χ3v) is 15.3. The molecule has 0 aliphatic carbocycles. The van der Waals surface area contributed by atoms with Crippen molar-refractivity contribution in [3.05, 3.63) is 134 Å². The highest BCUT2D eigenvalue weighted by atomic mass is 31.2. The van der Waals surface area contributed by atoms with Gasteiger partial charge in [0, 0.05) is 19.3 Å². The van der Waals surface area contributed by atoms with Crippen LogP contribution in [0.2, 0.25) is 0 Å². The molecule has 0 saturated heterocycles. The van der Waals surface area contributed by atoms with Gasteiger partial charge in [-0.2, -0.15) is 0 Å². The maximum atomic E-state index is 12.9. The maximum Gasteiger partial charge on any atom is 0.472 e. The minimum absolute atomic E-state index is 0.0862. The molecule has 0 spiro atoms. The van der Waals surface area contributed by atoms with Gasteiger partial charge >= 0.3 is 33.6 Å². The lowest BCUT2D eigenvalue weighted by molar-refractivity contribution is -0.161. The molecule has 0 aliphatic heterocycles. The van der Waals surface area contributed by atoms with Crippen LogP contribution in [-0.2, 0) is 55.8 Å². The van der Waals surface area contributed by atoms with Crippen molar-refractivity contribution in [1.29, 1.82) is 0 Å². The molecular weight excluding hydrogens is 1170 g/mol. The van der Waals surface area contributed by atoms with Crippen LogP contribution in [0.5, 0.6) is 0 Å². The van der Waals surface area contributed by atoms with Gasteiger partial charge < -0.3 is 34.2 Å². The van der Waals surface area contributed by atoms with E-state index >= 15 is 0 Å². The van der Waals surface area contributed by atoms with Gasteiger partial charge in [0.05, 0.1) is 26.4 Å². The summed E-state index contributed by atoms with van der Waals surface area (Å²) >= 11 is 0. The first-order chi connectivity index (χ1) is 43.2. The summed E-state index contributed by atoms with van der Waals surface area (Å²) in [7, 11) is -9.80. The van der Waals surface area contributed by atoms with Gasteiger partial charge in [0.15, 0.2) is 6.10 Å². The summed E-state index contributed by atoms with van der Waals surface area (Å²) in [6.07, 6.45) is 73.6. The first kappa shape index (κ1) is 84.7. The number of ether oxygens (including phenoxy) is 3. The van der Waals surface area contributed by atoms with Crippen LogP contribution in [0.4, 0.5) is 0 Å². The molecule has 0 aliphatic rings. The van der Waals surface area contributed by atoms with Crippen molar-refractivity contribution in [2.75, 3.05) is 39.6 Å². The second-order valence-electron chi connectivity index (χ2n) is 21.8. The lowest BCUT2D eigenvalue weighted by Gasteiger charge is -2.21.